The van der Waals surface area contributed by atoms with Crippen LogP contribution < -0.4 is 34.9 Å². The number of nitrogens with one attached hydrogen (secondary N) is 1. The van der Waals surface area contributed by atoms with Gasteiger partial charge >= 0.3 is 29.6 Å². The zero-order valence-corrected chi connectivity index (χ0v) is 10.1. The summed E-state index contributed by atoms with van der Waals surface area (Å²) in [4.78, 5) is 0. The smallest absolute Gasteiger partial charge is 1.00 e. The fourth-order valence-corrected chi connectivity index (χ4v) is 0.914. The first kappa shape index (κ1) is 15.3. The molecule has 0 rings (SSSR count). The summed E-state index contributed by atoms with van der Waals surface area (Å²) < 4.78 is 28.5. The molecule has 0 aliphatic heterocycles. The number of aliphatic hydroxyl groups is 1. The third-order valence-corrected chi connectivity index (χ3v) is 1.70. The molecule has 0 heterocycles. The minimum absolute atomic E-state index is 0. The van der Waals surface area contributed by atoms with Gasteiger partial charge in [0.05, 0.1) is 11.9 Å². The molecule has 0 aliphatic rings. The second-order valence-electron chi connectivity index (χ2n) is 2.34. The van der Waals surface area contributed by atoms with Crippen LogP contribution in [0.25, 0.3) is 0 Å². The van der Waals surface area contributed by atoms with Crippen LogP contribution in [0.15, 0.2) is 0 Å². The Hall–Kier alpha value is 0.830. The Labute approximate surface area is 96.1 Å². The Bertz CT molecular complexity index is 197. The molecule has 3 N–H and O–H groups in total. The maximum Gasteiger partial charge on any atom is 1.00 e. The maximum atomic E-state index is 10.1. The van der Waals surface area contributed by atoms with Gasteiger partial charge in [-0.1, -0.05) is 0 Å². The zero-order chi connectivity index (χ0) is 8.91. The van der Waals surface area contributed by atoms with Gasteiger partial charge in [0.1, 0.15) is 0 Å². The molecule has 12 heavy (non-hydrogen) atoms. The third kappa shape index (κ3) is 13.4. The summed E-state index contributed by atoms with van der Waals surface area (Å²) in [6.07, 6.45) is -0.503. The Balaban J connectivity index is -0.000000500. The van der Waals surface area contributed by atoms with Crippen molar-refractivity contribution in [3.63, 3.8) is 0 Å². The fourth-order valence-electron chi connectivity index (χ4n) is 0.512. The fraction of sp³-hybridized carbons (Fsp3) is 1.00. The summed E-state index contributed by atoms with van der Waals surface area (Å²) in [6.45, 7) is 2.07. The molecule has 0 amide bonds. The predicted octanol–water partition coefficient (Wildman–Crippen LogP) is -4.04. The minimum Gasteiger partial charge on any atom is -1.00 e. The molecule has 1 atom stereocenters. The van der Waals surface area contributed by atoms with Gasteiger partial charge in [-0.05, 0) is 6.92 Å². The van der Waals surface area contributed by atoms with E-state index in [2.05, 4.69) is 5.32 Å². The number of rotatable bonds is 5. The molecule has 0 spiro atoms. The molecule has 0 aromatic heterocycles. The quantitative estimate of drug-likeness (QED) is 0.243. The van der Waals surface area contributed by atoms with E-state index in [1.54, 1.807) is 6.92 Å². The van der Waals surface area contributed by atoms with E-state index in [0.717, 1.165) is 0 Å². The molecule has 1 unspecified atom stereocenters. The van der Waals surface area contributed by atoms with Crippen molar-refractivity contribution in [2.75, 3.05) is 18.8 Å². The first-order chi connectivity index (χ1) is 4.92. The van der Waals surface area contributed by atoms with Gasteiger partial charge in [0.2, 0.25) is 0 Å². The molecule has 0 fully saturated rings. The first-order valence-electron chi connectivity index (χ1n) is 3.26. The van der Waals surface area contributed by atoms with Crippen LogP contribution in [0.5, 0.6) is 0 Å². The van der Waals surface area contributed by atoms with Crippen LogP contribution in [-0.4, -0.2) is 43.0 Å². The van der Waals surface area contributed by atoms with Gasteiger partial charge in [-0.15, -0.1) is 0 Å². The summed E-state index contributed by atoms with van der Waals surface area (Å²) >= 11 is 0. The Kier molecular flexibility index (Phi) is 9.25. The molecule has 7 heteroatoms. The molecule has 5 nitrogen and oxygen atoms in total. The molecule has 0 aliphatic carbocycles. The summed E-state index contributed by atoms with van der Waals surface area (Å²) in [5.74, 6) is -0.320. The van der Waals surface area contributed by atoms with Gasteiger partial charge in [-0.2, -0.15) is 8.42 Å². The van der Waals surface area contributed by atoms with Gasteiger partial charge in [0.25, 0.3) is 10.1 Å². The summed E-state index contributed by atoms with van der Waals surface area (Å²) in [5.41, 5.74) is 0. The SMILES string of the molecule is CC(O)CNCCS(=O)(=O)O.[H-].[Na+]. The Morgan fingerprint density at radius 3 is 2.42 bits per heavy atom. The van der Waals surface area contributed by atoms with E-state index in [1.165, 1.54) is 0 Å². The van der Waals surface area contributed by atoms with E-state index < -0.39 is 16.2 Å². The van der Waals surface area contributed by atoms with Crippen molar-refractivity contribution in [1.29, 1.82) is 0 Å². The van der Waals surface area contributed by atoms with Crippen molar-refractivity contribution in [3.05, 3.63) is 0 Å². The van der Waals surface area contributed by atoms with Crippen LogP contribution >= 0.6 is 0 Å². The first-order valence-corrected chi connectivity index (χ1v) is 4.86. The molecule has 0 saturated heterocycles. The van der Waals surface area contributed by atoms with Gasteiger partial charge in [0, 0.05) is 13.1 Å². The van der Waals surface area contributed by atoms with Crippen molar-refractivity contribution in [3.8, 4) is 0 Å². The monoisotopic (exact) mass is 207 g/mol. The molecular weight excluding hydrogens is 193 g/mol. The molecule has 0 aromatic carbocycles. The number of hydrogen-bond acceptors (Lipinski definition) is 4. The van der Waals surface area contributed by atoms with Crippen LogP contribution in [-0.2, 0) is 10.1 Å². The van der Waals surface area contributed by atoms with Crippen LogP contribution in [0, 0.1) is 0 Å². The van der Waals surface area contributed by atoms with E-state index in [-0.39, 0.29) is 43.3 Å². The second kappa shape index (κ2) is 7.25. The van der Waals surface area contributed by atoms with Crippen molar-refractivity contribution in [1.82, 2.24) is 5.32 Å². The third-order valence-electron chi connectivity index (χ3n) is 0.977. The van der Waals surface area contributed by atoms with Crippen LogP contribution in [0.1, 0.15) is 8.35 Å². The zero-order valence-electron chi connectivity index (χ0n) is 8.32. The van der Waals surface area contributed by atoms with Crippen molar-refractivity contribution < 1.29 is 49.1 Å². The van der Waals surface area contributed by atoms with Gasteiger partial charge in [0.15, 0.2) is 0 Å². The van der Waals surface area contributed by atoms with Crippen molar-refractivity contribution in [2.45, 2.75) is 13.0 Å². The molecule has 0 bridgehead atoms. The van der Waals surface area contributed by atoms with E-state index in [9.17, 15) is 8.42 Å². The van der Waals surface area contributed by atoms with Crippen molar-refractivity contribution in [2.24, 2.45) is 0 Å². The number of hydrogen-bond donors (Lipinski definition) is 3. The van der Waals surface area contributed by atoms with E-state index >= 15 is 0 Å². The second-order valence-corrected chi connectivity index (χ2v) is 3.91. The Morgan fingerprint density at radius 1 is 1.58 bits per heavy atom. The van der Waals surface area contributed by atoms with Crippen LogP contribution in [0.4, 0.5) is 0 Å². The average Bonchev–Trinajstić information content (AvgIpc) is 1.78. The molecular formula is C5H14NNaO4S. The van der Waals surface area contributed by atoms with Gasteiger partial charge < -0.3 is 11.8 Å². The minimum atomic E-state index is -3.87. The molecule has 0 radical (unpaired) electrons. The largest absolute Gasteiger partial charge is 1.00 e. The normalized spacial score (nSPS) is 13.6. The molecule has 0 aromatic rings. The van der Waals surface area contributed by atoms with Crippen LogP contribution in [0.3, 0.4) is 0 Å². The summed E-state index contributed by atoms with van der Waals surface area (Å²) in [7, 11) is -3.87. The van der Waals surface area contributed by atoms with Gasteiger partial charge in [-0.25, -0.2) is 0 Å². The van der Waals surface area contributed by atoms with E-state index in [0.29, 0.717) is 6.54 Å². The standard InChI is InChI=1S/C5H13NO4S.Na.H/c1-5(7)4-6-2-3-11(8,9)10;;/h5-7H,2-4H2,1H3,(H,8,9,10);;/q;+1;-1. The number of aliphatic hydroxyl groups excluding tert-OH is 1. The summed E-state index contributed by atoms with van der Waals surface area (Å²) in [6, 6.07) is 0. The summed E-state index contributed by atoms with van der Waals surface area (Å²) in [5, 5.41) is 11.4. The maximum absolute atomic E-state index is 10.1. The molecule has 0 saturated carbocycles. The van der Waals surface area contributed by atoms with Crippen LogP contribution in [0.2, 0.25) is 0 Å². The van der Waals surface area contributed by atoms with Gasteiger partial charge in [-0.3, -0.25) is 4.55 Å². The Morgan fingerprint density at radius 2 is 2.08 bits per heavy atom. The van der Waals surface area contributed by atoms with E-state index in [1.807, 2.05) is 0 Å². The van der Waals surface area contributed by atoms with Crippen molar-refractivity contribution >= 4 is 10.1 Å². The molecule has 70 valence electrons. The predicted molar refractivity (Wildman–Crippen MR) is 42.1 cm³/mol. The topological polar surface area (TPSA) is 86.6 Å². The van der Waals surface area contributed by atoms with E-state index in [4.69, 9.17) is 9.66 Å². The average molecular weight is 207 g/mol.